The lowest BCUT2D eigenvalue weighted by molar-refractivity contribution is -0.129. The number of methoxy groups -OCH3 is 1. The SMILES string of the molecule is COc1cccc(/C=C2\N=C(c3cccc(C)c3)OC2=O)c1. The predicted octanol–water partition coefficient (Wildman–Crippen LogP) is 3.35. The van der Waals surface area contributed by atoms with E-state index >= 15 is 0 Å². The number of hydrogen-bond acceptors (Lipinski definition) is 4. The Bertz CT molecular complexity index is 790. The summed E-state index contributed by atoms with van der Waals surface area (Å²) in [7, 11) is 1.60. The Morgan fingerprint density at radius 1 is 1.14 bits per heavy atom. The molecule has 0 saturated heterocycles. The molecule has 1 aliphatic rings. The summed E-state index contributed by atoms with van der Waals surface area (Å²) in [5, 5.41) is 0. The maximum atomic E-state index is 12.0. The van der Waals surface area contributed by atoms with Crippen LogP contribution in [-0.2, 0) is 9.53 Å². The van der Waals surface area contributed by atoms with Gasteiger partial charge in [-0.25, -0.2) is 9.79 Å². The fraction of sp³-hybridized carbons (Fsp3) is 0.111. The molecule has 1 heterocycles. The Kier molecular flexibility index (Phi) is 3.74. The number of aryl methyl sites for hydroxylation is 1. The molecule has 4 heteroatoms. The highest BCUT2D eigenvalue weighted by Crippen LogP contribution is 2.21. The van der Waals surface area contributed by atoms with Gasteiger partial charge in [0.2, 0.25) is 5.90 Å². The van der Waals surface area contributed by atoms with E-state index in [2.05, 4.69) is 4.99 Å². The molecular formula is C18H15NO3. The first-order valence-corrected chi connectivity index (χ1v) is 6.89. The van der Waals surface area contributed by atoms with Gasteiger partial charge in [0.1, 0.15) is 5.75 Å². The molecule has 0 atom stereocenters. The summed E-state index contributed by atoms with van der Waals surface area (Å²) in [6.45, 7) is 1.98. The minimum Gasteiger partial charge on any atom is -0.497 e. The van der Waals surface area contributed by atoms with Crippen LogP contribution in [0.2, 0.25) is 0 Å². The van der Waals surface area contributed by atoms with Gasteiger partial charge >= 0.3 is 5.97 Å². The summed E-state index contributed by atoms with van der Waals surface area (Å²) in [6, 6.07) is 15.1. The lowest BCUT2D eigenvalue weighted by atomic mass is 10.1. The van der Waals surface area contributed by atoms with E-state index in [9.17, 15) is 4.79 Å². The van der Waals surface area contributed by atoms with E-state index in [1.54, 1.807) is 13.2 Å². The number of carbonyl (C=O) groups is 1. The van der Waals surface area contributed by atoms with Crippen LogP contribution in [0.3, 0.4) is 0 Å². The first-order valence-electron chi connectivity index (χ1n) is 6.89. The maximum absolute atomic E-state index is 12.0. The molecule has 4 nitrogen and oxygen atoms in total. The van der Waals surface area contributed by atoms with E-state index in [0.717, 1.165) is 22.4 Å². The smallest absolute Gasteiger partial charge is 0.363 e. The van der Waals surface area contributed by atoms with E-state index in [1.165, 1.54) is 0 Å². The van der Waals surface area contributed by atoms with Gasteiger partial charge in [0.25, 0.3) is 0 Å². The molecule has 0 spiro atoms. The highest BCUT2D eigenvalue weighted by Gasteiger charge is 2.24. The summed E-state index contributed by atoms with van der Waals surface area (Å²) in [5.41, 5.74) is 2.99. The third-order valence-corrected chi connectivity index (χ3v) is 3.28. The molecule has 0 unspecified atom stereocenters. The summed E-state index contributed by atoms with van der Waals surface area (Å²) in [6.07, 6.45) is 1.69. The summed E-state index contributed by atoms with van der Waals surface area (Å²) >= 11 is 0. The Labute approximate surface area is 128 Å². The van der Waals surface area contributed by atoms with E-state index in [4.69, 9.17) is 9.47 Å². The van der Waals surface area contributed by atoms with Crippen LogP contribution >= 0.6 is 0 Å². The van der Waals surface area contributed by atoms with Crippen LogP contribution < -0.4 is 4.74 Å². The van der Waals surface area contributed by atoms with Crippen LogP contribution in [0.15, 0.2) is 59.2 Å². The highest BCUT2D eigenvalue weighted by atomic mass is 16.6. The molecule has 0 bridgehead atoms. The molecule has 0 aromatic heterocycles. The first-order chi connectivity index (χ1) is 10.7. The second-order valence-electron chi connectivity index (χ2n) is 4.98. The molecule has 2 aromatic rings. The van der Waals surface area contributed by atoms with Gasteiger partial charge in [-0.3, -0.25) is 0 Å². The summed E-state index contributed by atoms with van der Waals surface area (Å²) in [4.78, 5) is 16.3. The van der Waals surface area contributed by atoms with Gasteiger partial charge in [-0.1, -0.05) is 29.8 Å². The fourth-order valence-corrected chi connectivity index (χ4v) is 2.20. The number of rotatable bonds is 3. The van der Waals surface area contributed by atoms with Crippen molar-refractivity contribution >= 4 is 17.9 Å². The Morgan fingerprint density at radius 3 is 2.73 bits per heavy atom. The van der Waals surface area contributed by atoms with Crippen molar-refractivity contribution in [2.45, 2.75) is 6.92 Å². The lowest BCUT2D eigenvalue weighted by Gasteiger charge is -2.00. The fourth-order valence-electron chi connectivity index (χ4n) is 2.20. The average molecular weight is 293 g/mol. The van der Waals surface area contributed by atoms with E-state index in [1.807, 2.05) is 55.5 Å². The number of esters is 1. The van der Waals surface area contributed by atoms with Gasteiger partial charge in [-0.15, -0.1) is 0 Å². The number of benzene rings is 2. The number of carbonyl (C=O) groups excluding carboxylic acids is 1. The van der Waals surface area contributed by atoms with Crippen molar-refractivity contribution in [2.75, 3.05) is 7.11 Å². The van der Waals surface area contributed by atoms with Crippen molar-refractivity contribution in [2.24, 2.45) is 4.99 Å². The third kappa shape index (κ3) is 2.91. The normalized spacial score (nSPS) is 15.6. The van der Waals surface area contributed by atoms with Gasteiger partial charge in [-0.2, -0.15) is 0 Å². The van der Waals surface area contributed by atoms with Crippen LogP contribution in [0.5, 0.6) is 5.75 Å². The lowest BCUT2D eigenvalue weighted by Crippen LogP contribution is -2.05. The standard InChI is InChI=1S/C18H15NO3/c1-12-5-3-7-14(9-12)17-19-16(18(20)22-17)11-13-6-4-8-15(10-13)21-2/h3-11H,1-2H3/b16-11-. The third-order valence-electron chi connectivity index (χ3n) is 3.28. The number of nitrogens with zero attached hydrogens (tertiary/aromatic N) is 1. The van der Waals surface area contributed by atoms with E-state index < -0.39 is 5.97 Å². The van der Waals surface area contributed by atoms with Crippen molar-refractivity contribution in [3.63, 3.8) is 0 Å². The van der Waals surface area contributed by atoms with E-state index in [0.29, 0.717) is 5.90 Å². The molecule has 3 rings (SSSR count). The van der Waals surface area contributed by atoms with Crippen molar-refractivity contribution < 1.29 is 14.3 Å². The van der Waals surface area contributed by atoms with Crippen molar-refractivity contribution in [1.29, 1.82) is 0 Å². The Balaban J connectivity index is 1.94. The second-order valence-corrected chi connectivity index (χ2v) is 4.98. The van der Waals surface area contributed by atoms with Gasteiger partial charge in [-0.05, 0) is 42.8 Å². The monoisotopic (exact) mass is 293 g/mol. The van der Waals surface area contributed by atoms with Crippen molar-refractivity contribution in [3.8, 4) is 5.75 Å². The summed E-state index contributed by atoms with van der Waals surface area (Å²) in [5.74, 6) is 0.616. The zero-order valence-corrected chi connectivity index (χ0v) is 12.4. The topological polar surface area (TPSA) is 47.9 Å². The van der Waals surface area contributed by atoms with Crippen LogP contribution in [0.25, 0.3) is 6.08 Å². The summed E-state index contributed by atoms with van der Waals surface area (Å²) < 4.78 is 10.4. The molecule has 0 radical (unpaired) electrons. The van der Waals surface area contributed by atoms with Gasteiger partial charge in [0.05, 0.1) is 7.11 Å². The largest absolute Gasteiger partial charge is 0.497 e. The average Bonchev–Trinajstić information content (AvgIpc) is 2.89. The minimum absolute atomic E-state index is 0.282. The quantitative estimate of drug-likeness (QED) is 0.644. The Hall–Kier alpha value is -2.88. The molecule has 0 saturated carbocycles. The van der Waals surface area contributed by atoms with Crippen LogP contribution in [0.4, 0.5) is 0 Å². The van der Waals surface area contributed by atoms with E-state index in [-0.39, 0.29) is 5.70 Å². The maximum Gasteiger partial charge on any atom is 0.363 e. The zero-order valence-electron chi connectivity index (χ0n) is 12.4. The molecule has 0 N–H and O–H groups in total. The molecule has 110 valence electrons. The van der Waals surface area contributed by atoms with Crippen molar-refractivity contribution in [1.82, 2.24) is 0 Å². The van der Waals surface area contributed by atoms with Crippen LogP contribution in [0.1, 0.15) is 16.7 Å². The van der Waals surface area contributed by atoms with Crippen LogP contribution in [-0.4, -0.2) is 19.0 Å². The molecule has 2 aromatic carbocycles. The van der Waals surface area contributed by atoms with Gasteiger partial charge < -0.3 is 9.47 Å². The highest BCUT2D eigenvalue weighted by molar-refractivity contribution is 6.12. The molecule has 22 heavy (non-hydrogen) atoms. The molecule has 1 aliphatic heterocycles. The molecule has 0 fully saturated rings. The number of ether oxygens (including phenoxy) is 2. The minimum atomic E-state index is -0.445. The van der Waals surface area contributed by atoms with Gasteiger partial charge in [0, 0.05) is 5.56 Å². The number of hydrogen-bond donors (Lipinski definition) is 0. The van der Waals surface area contributed by atoms with Gasteiger partial charge in [0.15, 0.2) is 5.70 Å². The molecular weight excluding hydrogens is 278 g/mol. The molecule has 0 aliphatic carbocycles. The molecule has 0 amide bonds. The Morgan fingerprint density at radius 2 is 1.95 bits per heavy atom. The predicted molar refractivity (Wildman–Crippen MR) is 84.8 cm³/mol. The number of cyclic esters (lactones) is 1. The second kappa shape index (κ2) is 5.85. The van der Waals surface area contributed by atoms with Crippen molar-refractivity contribution in [3.05, 3.63) is 70.9 Å². The zero-order chi connectivity index (χ0) is 15.5. The first kappa shape index (κ1) is 14.1. The number of aliphatic imine (C=N–C) groups is 1. The van der Waals surface area contributed by atoms with Crippen LogP contribution in [0, 0.1) is 6.92 Å².